The average molecular weight is 266 g/mol. The molecule has 0 spiro atoms. The Morgan fingerprint density at radius 2 is 1.89 bits per heavy atom. The lowest BCUT2D eigenvalue weighted by Crippen LogP contribution is -2.37. The number of imidazole rings is 1. The normalized spacial score (nSPS) is 13.6. The third-order valence-corrected chi connectivity index (χ3v) is 3.14. The third kappa shape index (κ3) is 5.23. The highest BCUT2D eigenvalue weighted by Crippen LogP contribution is 2.15. The van der Waals surface area contributed by atoms with Crippen LogP contribution >= 0.6 is 0 Å². The van der Waals surface area contributed by atoms with Gasteiger partial charge in [0, 0.05) is 25.3 Å². The van der Waals surface area contributed by atoms with E-state index in [0.29, 0.717) is 17.9 Å². The van der Waals surface area contributed by atoms with E-state index in [1.54, 1.807) is 0 Å². The van der Waals surface area contributed by atoms with Crippen LogP contribution in [0.5, 0.6) is 0 Å². The molecule has 1 N–H and O–H groups in total. The second kappa shape index (κ2) is 6.94. The van der Waals surface area contributed by atoms with Crippen LogP contribution in [0.1, 0.15) is 33.4 Å². The molecule has 0 saturated carbocycles. The summed E-state index contributed by atoms with van der Waals surface area (Å²) in [6.07, 6.45) is 2.13. The summed E-state index contributed by atoms with van der Waals surface area (Å²) in [6, 6.07) is 0.419. The molecular formula is C15H30N4. The minimum atomic E-state index is 0.419. The molecule has 19 heavy (non-hydrogen) atoms. The Morgan fingerprint density at radius 3 is 2.37 bits per heavy atom. The summed E-state index contributed by atoms with van der Waals surface area (Å²) in [6.45, 7) is 13.1. The van der Waals surface area contributed by atoms with E-state index < -0.39 is 0 Å². The molecule has 0 amide bonds. The lowest BCUT2D eigenvalue weighted by molar-refractivity contribution is 0.342. The summed E-state index contributed by atoms with van der Waals surface area (Å²) < 4.78 is 2.24. The lowest BCUT2D eigenvalue weighted by atomic mass is 10.0. The standard InChI is InChI=1S/C15H30N4/c1-11(2)8-19-9-13(5)16-15(19)17-14(12(3)4)10-18(6)7/h9,11-12,14H,8,10H2,1-7H3,(H,16,17). The summed E-state index contributed by atoms with van der Waals surface area (Å²) in [7, 11) is 4.23. The predicted molar refractivity (Wildman–Crippen MR) is 82.6 cm³/mol. The summed E-state index contributed by atoms with van der Waals surface area (Å²) >= 11 is 0. The van der Waals surface area contributed by atoms with Crippen molar-refractivity contribution in [1.29, 1.82) is 0 Å². The van der Waals surface area contributed by atoms with Gasteiger partial charge in [0.1, 0.15) is 0 Å². The summed E-state index contributed by atoms with van der Waals surface area (Å²) in [5.41, 5.74) is 1.08. The Hall–Kier alpha value is -1.03. The fourth-order valence-electron chi connectivity index (χ4n) is 2.18. The summed E-state index contributed by atoms with van der Waals surface area (Å²) in [5.74, 6) is 2.21. The molecule has 110 valence electrons. The van der Waals surface area contributed by atoms with Crippen LogP contribution in [0.3, 0.4) is 0 Å². The molecule has 0 aliphatic rings. The average Bonchev–Trinajstić information content (AvgIpc) is 2.56. The van der Waals surface area contributed by atoms with Gasteiger partial charge in [0.25, 0.3) is 0 Å². The maximum absolute atomic E-state index is 4.63. The molecule has 0 saturated heterocycles. The van der Waals surface area contributed by atoms with Crippen molar-refractivity contribution < 1.29 is 0 Å². The zero-order chi connectivity index (χ0) is 14.6. The molecule has 0 fully saturated rings. The molecule has 1 rings (SSSR count). The molecule has 0 aliphatic carbocycles. The van der Waals surface area contributed by atoms with Gasteiger partial charge in [0.2, 0.25) is 5.95 Å². The Bertz CT molecular complexity index is 379. The van der Waals surface area contributed by atoms with E-state index in [4.69, 9.17) is 0 Å². The van der Waals surface area contributed by atoms with E-state index in [0.717, 1.165) is 24.7 Å². The molecule has 4 heteroatoms. The first-order valence-electron chi connectivity index (χ1n) is 7.24. The second-order valence-electron chi connectivity index (χ2n) is 6.51. The largest absolute Gasteiger partial charge is 0.351 e. The molecule has 1 atom stereocenters. The van der Waals surface area contributed by atoms with Crippen molar-refractivity contribution in [2.24, 2.45) is 11.8 Å². The SMILES string of the molecule is Cc1cn(CC(C)C)c(NC(CN(C)C)C(C)C)n1. The van der Waals surface area contributed by atoms with Crippen LogP contribution in [-0.4, -0.2) is 41.1 Å². The number of likely N-dealkylation sites (N-methyl/N-ethyl adjacent to an activating group) is 1. The molecular weight excluding hydrogens is 236 g/mol. The number of aromatic nitrogens is 2. The molecule has 1 heterocycles. The third-order valence-electron chi connectivity index (χ3n) is 3.14. The predicted octanol–water partition coefficient (Wildman–Crippen LogP) is 2.85. The van der Waals surface area contributed by atoms with Gasteiger partial charge in [0.15, 0.2) is 0 Å². The van der Waals surface area contributed by atoms with E-state index in [1.165, 1.54) is 0 Å². The zero-order valence-corrected chi connectivity index (χ0v) is 13.6. The van der Waals surface area contributed by atoms with Crippen molar-refractivity contribution in [1.82, 2.24) is 14.5 Å². The molecule has 1 aromatic heterocycles. The number of nitrogens with one attached hydrogen (secondary N) is 1. The fourth-order valence-corrected chi connectivity index (χ4v) is 2.18. The quantitative estimate of drug-likeness (QED) is 0.824. The molecule has 0 bridgehead atoms. The van der Waals surface area contributed by atoms with Crippen LogP contribution < -0.4 is 5.32 Å². The van der Waals surface area contributed by atoms with Crippen molar-refractivity contribution >= 4 is 5.95 Å². The van der Waals surface area contributed by atoms with Gasteiger partial charge in [-0.1, -0.05) is 27.7 Å². The molecule has 0 radical (unpaired) electrons. The summed E-state index contributed by atoms with van der Waals surface area (Å²) in [5, 5.41) is 3.61. The highest BCUT2D eigenvalue weighted by Gasteiger charge is 2.17. The Kier molecular flexibility index (Phi) is 5.85. The minimum absolute atomic E-state index is 0.419. The van der Waals surface area contributed by atoms with Gasteiger partial charge < -0.3 is 14.8 Å². The van der Waals surface area contributed by atoms with E-state index in [2.05, 4.69) is 74.7 Å². The van der Waals surface area contributed by atoms with Gasteiger partial charge >= 0.3 is 0 Å². The first-order valence-corrected chi connectivity index (χ1v) is 7.24. The van der Waals surface area contributed by atoms with E-state index in [9.17, 15) is 0 Å². The Morgan fingerprint density at radius 1 is 1.26 bits per heavy atom. The van der Waals surface area contributed by atoms with E-state index >= 15 is 0 Å². The smallest absolute Gasteiger partial charge is 0.203 e. The fraction of sp³-hybridized carbons (Fsp3) is 0.800. The van der Waals surface area contributed by atoms with Crippen molar-refractivity contribution in [3.63, 3.8) is 0 Å². The minimum Gasteiger partial charge on any atom is -0.351 e. The molecule has 4 nitrogen and oxygen atoms in total. The van der Waals surface area contributed by atoms with Gasteiger partial charge in [-0.3, -0.25) is 0 Å². The van der Waals surface area contributed by atoms with Crippen molar-refractivity contribution in [3.05, 3.63) is 11.9 Å². The molecule has 0 aliphatic heterocycles. The highest BCUT2D eigenvalue weighted by molar-refractivity contribution is 5.30. The van der Waals surface area contributed by atoms with E-state index in [1.807, 2.05) is 0 Å². The van der Waals surface area contributed by atoms with Crippen LogP contribution in [-0.2, 0) is 6.54 Å². The number of nitrogens with zero attached hydrogens (tertiary/aromatic N) is 3. The number of anilines is 1. The van der Waals surface area contributed by atoms with Gasteiger partial charge in [-0.15, -0.1) is 0 Å². The molecule has 1 aromatic rings. The maximum Gasteiger partial charge on any atom is 0.203 e. The second-order valence-corrected chi connectivity index (χ2v) is 6.51. The van der Waals surface area contributed by atoms with Crippen LogP contribution in [0.15, 0.2) is 6.20 Å². The van der Waals surface area contributed by atoms with Crippen LogP contribution in [0.25, 0.3) is 0 Å². The number of aryl methyl sites for hydroxylation is 1. The molecule has 1 unspecified atom stereocenters. The van der Waals surface area contributed by atoms with Crippen molar-refractivity contribution in [3.8, 4) is 0 Å². The van der Waals surface area contributed by atoms with Gasteiger partial charge in [-0.2, -0.15) is 0 Å². The van der Waals surface area contributed by atoms with Crippen molar-refractivity contribution in [2.75, 3.05) is 26.0 Å². The van der Waals surface area contributed by atoms with Gasteiger partial charge in [0.05, 0.1) is 5.69 Å². The molecule has 0 aromatic carbocycles. The van der Waals surface area contributed by atoms with Crippen molar-refractivity contribution in [2.45, 2.75) is 47.2 Å². The number of rotatable bonds is 7. The van der Waals surface area contributed by atoms with Gasteiger partial charge in [-0.25, -0.2) is 4.98 Å². The number of hydrogen-bond donors (Lipinski definition) is 1. The summed E-state index contributed by atoms with van der Waals surface area (Å²) in [4.78, 5) is 6.85. The van der Waals surface area contributed by atoms with Crippen LogP contribution in [0.4, 0.5) is 5.95 Å². The van der Waals surface area contributed by atoms with Crippen LogP contribution in [0, 0.1) is 18.8 Å². The zero-order valence-electron chi connectivity index (χ0n) is 13.6. The Labute approximate surface area is 118 Å². The highest BCUT2D eigenvalue weighted by atomic mass is 15.2. The topological polar surface area (TPSA) is 33.1 Å². The first kappa shape index (κ1) is 16.0. The van der Waals surface area contributed by atoms with Gasteiger partial charge in [-0.05, 0) is 32.9 Å². The van der Waals surface area contributed by atoms with Crippen LogP contribution in [0.2, 0.25) is 0 Å². The van der Waals surface area contributed by atoms with E-state index in [-0.39, 0.29) is 0 Å². The number of hydrogen-bond acceptors (Lipinski definition) is 3. The lowest BCUT2D eigenvalue weighted by Gasteiger charge is -2.26. The first-order chi connectivity index (χ1) is 8.79. The monoisotopic (exact) mass is 266 g/mol. The Balaban J connectivity index is 2.83. The maximum atomic E-state index is 4.63.